The minimum absolute atomic E-state index is 0.0600. The zero-order valence-corrected chi connectivity index (χ0v) is 19.4. The van der Waals surface area contributed by atoms with Gasteiger partial charge in [-0.3, -0.25) is 9.59 Å². The van der Waals surface area contributed by atoms with Crippen molar-refractivity contribution >= 4 is 45.4 Å². The summed E-state index contributed by atoms with van der Waals surface area (Å²) in [5, 5.41) is 3.31. The molecule has 0 atom stereocenters. The fourth-order valence-corrected chi connectivity index (χ4v) is 3.81. The van der Waals surface area contributed by atoms with Gasteiger partial charge in [-0.1, -0.05) is 17.4 Å². The molecule has 0 aliphatic rings. The van der Waals surface area contributed by atoms with E-state index in [4.69, 9.17) is 10.5 Å². The van der Waals surface area contributed by atoms with E-state index in [1.54, 1.807) is 36.2 Å². The lowest BCUT2D eigenvalue weighted by atomic mass is 10.1. The standard InChI is InChI=1S/C23H24F2N4O3S/c1-23(2,3)32-17(30)12-29(4)14-10-8-13(9-11-14)27-22-28-21(26)20(33-22)19(31)18-15(24)6-5-7-16(18)25/h5-11H,12,26H2,1-4H3,(H,27,28). The quantitative estimate of drug-likeness (QED) is 0.376. The van der Waals surface area contributed by atoms with Crippen molar-refractivity contribution in [2.24, 2.45) is 0 Å². The van der Waals surface area contributed by atoms with Crippen molar-refractivity contribution in [1.29, 1.82) is 0 Å². The summed E-state index contributed by atoms with van der Waals surface area (Å²) in [5.74, 6) is -3.26. The number of ketones is 1. The van der Waals surface area contributed by atoms with Crippen LogP contribution in [0.4, 0.5) is 31.1 Å². The highest BCUT2D eigenvalue weighted by molar-refractivity contribution is 7.18. The number of nitrogens with one attached hydrogen (secondary N) is 1. The molecule has 1 aromatic heterocycles. The normalized spacial score (nSPS) is 11.2. The molecule has 0 radical (unpaired) electrons. The van der Waals surface area contributed by atoms with Crippen molar-refractivity contribution < 1.29 is 23.1 Å². The number of thiazole rings is 1. The zero-order chi connectivity index (χ0) is 24.3. The van der Waals surface area contributed by atoms with E-state index < -0.39 is 28.6 Å². The van der Waals surface area contributed by atoms with Crippen LogP contribution in [0.5, 0.6) is 0 Å². The number of benzene rings is 2. The summed E-state index contributed by atoms with van der Waals surface area (Å²) in [4.78, 5) is 30.4. The van der Waals surface area contributed by atoms with E-state index in [9.17, 15) is 18.4 Å². The van der Waals surface area contributed by atoms with E-state index in [2.05, 4.69) is 10.3 Å². The van der Waals surface area contributed by atoms with Gasteiger partial charge in [-0.2, -0.15) is 0 Å². The number of carbonyl (C=O) groups excluding carboxylic acids is 2. The van der Waals surface area contributed by atoms with Crippen molar-refractivity contribution in [3.63, 3.8) is 0 Å². The summed E-state index contributed by atoms with van der Waals surface area (Å²) in [6.45, 7) is 5.51. The SMILES string of the molecule is CN(CC(=O)OC(C)(C)C)c1ccc(Nc2nc(N)c(C(=O)c3c(F)cccc3F)s2)cc1. The molecule has 3 rings (SSSR count). The predicted octanol–water partition coefficient (Wildman–Crippen LogP) is 4.76. The Hall–Kier alpha value is -3.53. The molecule has 1 heterocycles. The minimum Gasteiger partial charge on any atom is -0.459 e. The van der Waals surface area contributed by atoms with Crippen LogP contribution in [0.25, 0.3) is 0 Å². The number of aromatic nitrogens is 1. The number of anilines is 4. The van der Waals surface area contributed by atoms with Gasteiger partial charge in [0.25, 0.3) is 0 Å². The minimum atomic E-state index is -0.964. The summed E-state index contributed by atoms with van der Waals surface area (Å²) < 4.78 is 33.3. The number of hydrogen-bond acceptors (Lipinski definition) is 8. The predicted molar refractivity (Wildman–Crippen MR) is 125 cm³/mol. The maximum atomic E-state index is 14.0. The number of nitrogens with two attached hydrogens (primary N) is 1. The van der Waals surface area contributed by atoms with Gasteiger partial charge in [0.2, 0.25) is 5.78 Å². The maximum Gasteiger partial charge on any atom is 0.326 e. The second kappa shape index (κ2) is 9.53. The molecule has 3 N–H and O–H groups in total. The van der Waals surface area contributed by atoms with Crippen molar-refractivity contribution in [3.8, 4) is 0 Å². The zero-order valence-electron chi connectivity index (χ0n) is 18.6. The molecule has 0 amide bonds. The molecule has 0 saturated heterocycles. The summed E-state index contributed by atoms with van der Waals surface area (Å²) in [6.07, 6.45) is 0. The van der Waals surface area contributed by atoms with E-state index in [-0.39, 0.29) is 23.2 Å². The molecular weight excluding hydrogens is 450 g/mol. The first kappa shape index (κ1) is 24.1. The number of esters is 1. The van der Waals surface area contributed by atoms with Crippen LogP contribution < -0.4 is 16.0 Å². The molecule has 0 bridgehead atoms. The fourth-order valence-electron chi connectivity index (χ4n) is 2.96. The molecule has 7 nitrogen and oxygen atoms in total. The highest BCUT2D eigenvalue weighted by Gasteiger charge is 2.24. The van der Waals surface area contributed by atoms with Crippen molar-refractivity contribution in [2.45, 2.75) is 26.4 Å². The van der Waals surface area contributed by atoms with Gasteiger partial charge >= 0.3 is 5.97 Å². The third-order valence-electron chi connectivity index (χ3n) is 4.40. The number of likely N-dealkylation sites (N-methyl/N-ethyl adjacent to an activating group) is 1. The molecule has 0 aliphatic heterocycles. The van der Waals surface area contributed by atoms with Gasteiger partial charge in [0.1, 0.15) is 34.5 Å². The molecule has 2 aromatic carbocycles. The molecule has 10 heteroatoms. The van der Waals surface area contributed by atoms with Crippen LogP contribution in [0.2, 0.25) is 0 Å². The van der Waals surface area contributed by atoms with Gasteiger partial charge in [0.15, 0.2) is 5.13 Å². The van der Waals surface area contributed by atoms with Crippen LogP contribution in [-0.4, -0.2) is 35.9 Å². The van der Waals surface area contributed by atoms with Gasteiger partial charge in [0.05, 0.1) is 5.56 Å². The van der Waals surface area contributed by atoms with E-state index in [1.165, 1.54) is 6.07 Å². The molecule has 0 saturated carbocycles. The molecule has 3 aromatic rings. The topological polar surface area (TPSA) is 97.6 Å². The van der Waals surface area contributed by atoms with Crippen LogP contribution in [-0.2, 0) is 9.53 Å². The first-order valence-electron chi connectivity index (χ1n) is 9.99. The Labute approximate surface area is 194 Å². The number of nitrogens with zero attached hydrogens (tertiary/aromatic N) is 2. The number of halogens is 2. The van der Waals surface area contributed by atoms with Crippen LogP contribution in [0.1, 0.15) is 36.0 Å². The number of nitrogen functional groups attached to an aromatic ring is 1. The second-order valence-corrected chi connectivity index (χ2v) is 9.27. The Morgan fingerprint density at radius 3 is 2.30 bits per heavy atom. The second-order valence-electron chi connectivity index (χ2n) is 8.27. The number of hydrogen-bond donors (Lipinski definition) is 2. The van der Waals surface area contributed by atoms with Gasteiger partial charge in [-0.05, 0) is 57.2 Å². The Morgan fingerprint density at radius 1 is 1.12 bits per heavy atom. The Kier molecular flexibility index (Phi) is 6.97. The average Bonchev–Trinajstić information content (AvgIpc) is 3.06. The van der Waals surface area contributed by atoms with Gasteiger partial charge in [-0.25, -0.2) is 13.8 Å². The van der Waals surface area contributed by atoms with Gasteiger partial charge < -0.3 is 20.7 Å². The van der Waals surface area contributed by atoms with Crippen molar-refractivity contribution in [1.82, 2.24) is 4.98 Å². The fraction of sp³-hybridized carbons (Fsp3) is 0.261. The monoisotopic (exact) mass is 474 g/mol. The number of rotatable bonds is 7. The third kappa shape index (κ3) is 6.04. The van der Waals surface area contributed by atoms with Crippen molar-refractivity contribution in [2.75, 3.05) is 29.5 Å². The molecule has 0 aliphatic carbocycles. The van der Waals surface area contributed by atoms with Crippen LogP contribution in [0, 0.1) is 11.6 Å². The van der Waals surface area contributed by atoms with Crippen LogP contribution in [0.3, 0.4) is 0 Å². The lowest BCUT2D eigenvalue weighted by Gasteiger charge is -2.23. The summed E-state index contributed by atoms with van der Waals surface area (Å²) >= 11 is 0.897. The highest BCUT2D eigenvalue weighted by atomic mass is 32.1. The lowest BCUT2D eigenvalue weighted by molar-refractivity contribution is -0.152. The van der Waals surface area contributed by atoms with Gasteiger partial charge in [0, 0.05) is 18.4 Å². The summed E-state index contributed by atoms with van der Waals surface area (Å²) in [6, 6.07) is 10.3. The Morgan fingerprint density at radius 2 is 1.73 bits per heavy atom. The first-order chi connectivity index (χ1) is 15.4. The number of carbonyl (C=O) groups is 2. The van der Waals surface area contributed by atoms with Crippen LogP contribution >= 0.6 is 11.3 Å². The van der Waals surface area contributed by atoms with E-state index in [1.807, 2.05) is 20.8 Å². The maximum absolute atomic E-state index is 14.0. The Balaban J connectivity index is 1.70. The smallest absolute Gasteiger partial charge is 0.326 e. The van der Waals surface area contributed by atoms with E-state index in [0.717, 1.165) is 29.2 Å². The van der Waals surface area contributed by atoms with Crippen LogP contribution in [0.15, 0.2) is 42.5 Å². The highest BCUT2D eigenvalue weighted by Crippen LogP contribution is 2.31. The number of ether oxygens (including phenoxy) is 1. The lowest BCUT2D eigenvalue weighted by Crippen LogP contribution is -2.32. The molecular formula is C23H24F2N4O3S. The molecule has 0 spiro atoms. The van der Waals surface area contributed by atoms with E-state index >= 15 is 0 Å². The van der Waals surface area contributed by atoms with E-state index in [0.29, 0.717) is 10.8 Å². The molecule has 0 unspecified atom stereocenters. The van der Waals surface area contributed by atoms with Crippen molar-refractivity contribution in [3.05, 3.63) is 64.5 Å². The Bertz CT molecular complexity index is 1150. The molecule has 33 heavy (non-hydrogen) atoms. The third-order valence-corrected chi connectivity index (χ3v) is 5.38. The van der Waals surface area contributed by atoms with Gasteiger partial charge in [-0.15, -0.1) is 0 Å². The largest absolute Gasteiger partial charge is 0.459 e. The summed E-state index contributed by atoms with van der Waals surface area (Å²) in [7, 11) is 1.77. The summed E-state index contributed by atoms with van der Waals surface area (Å²) in [5.41, 5.74) is 6.04. The average molecular weight is 475 g/mol. The molecule has 174 valence electrons. The first-order valence-corrected chi connectivity index (χ1v) is 10.8. The molecule has 0 fully saturated rings.